The lowest BCUT2D eigenvalue weighted by molar-refractivity contribution is 0.455. The Morgan fingerprint density at radius 3 is 2.50 bits per heavy atom. The number of benzene rings is 1. The number of aromatic nitrogens is 2. The fraction of sp³-hybridized carbons (Fsp3) is 0.529. The summed E-state index contributed by atoms with van der Waals surface area (Å²) in [5.41, 5.74) is 2.95. The predicted octanol–water partition coefficient (Wildman–Crippen LogP) is 4.32. The van der Waals surface area contributed by atoms with Crippen molar-refractivity contribution in [3.63, 3.8) is 0 Å². The Bertz CT molecular complexity index is 594. The Hall–Kier alpha value is -1.64. The van der Waals surface area contributed by atoms with Gasteiger partial charge in [0.05, 0.1) is 16.7 Å². The molecule has 1 aromatic heterocycles. The molecule has 1 aliphatic carbocycles. The third-order valence-electron chi connectivity index (χ3n) is 4.43. The molecule has 2 atom stereocenters. The summed E-state index contributed by atoms with van der Waals surface area (Å²) < 4.78 is 0. The van der Waals surface area contributed by atoms with E-state index in [-0.39, 0.29) is 0 Å². The van der Waals surface area contributed by atoms with E-state index in [1.807, 2.05) is 31.2 Å². The number of para-hydroxylation sites is 2. The molecule has 2 unspecified atom stereocenters. The van der Waals surface area contributed by atoms with E-state index in [0.29, 0.717) is 12.0 Å². The van der Waals surface area contributed by atoms with Crippen molar-refractivity contribution < 1.29 is 0 Å². The van der Waals surface area contributed by atoms with Crippen molar-refractivity contribution in [1.29, 1.82) is 0 Å². The number of fused-ring (bicyclic) bond motifs is 1. The van der Waals surface area contributed by atoms with Crippen molar-refractivity contribution in [2.75, 3.05) is 5.32 Å². The van der Waals surface area contributed by atoms with E-state index in [1.54, 1.807) is 0 Å². The average molecular weight is 269 g/mol. The summed E-state index contributed by atoms with van der Waals surface area (Å²) >= 11 is 0. The molecule has 1 N–H and O–H groups in total. The quantitative estimate of drug-likeness (QED) is 0.825. The maximum atomic E-state index is 4.76. The maximum Gasteiger partial charge on any atom is 0.148 e. The van der Waals surface area contributed by atoms with E-state index in [4.69, 9.17) is 4.98 Å². The highest BCUT2D eigenvalue weighted by atomic mass is 15.0. The molecule has 3 heteroatoms. The van der Waals surface area contributed by atoms with Gasteiger partial charge in [-0.2, -0.15) is 0 Å². The van der Waals surface area contributed by atoms with Gasteiger partial charge in [0.15, 0.2) is 0 Å². The summed E-state index contributed by atoms with van der Waals surface area (Å²) in [6.07, 6.45) is 6.61. The summed E-state index contributed by atoms with van der Waals surface area (Å²) in [5, 5.41) is 3.66. The van der Waals surface area contributed by atoms with E-state index in [2.05, 4.69) is 17.2 Å². The van der Waals surface area contributed by atoms with Crippen molar-refractivity contribution in [1.82, 2.24) is 9.97 Å². The van der Waals surface area contributed by atoms with Gasteiger partial charge in [-0.1, -0.05) is 38.3 Å². The Labute approximate surface area is 120 Å². The van der Waals surface area contributed by atoms with Gasteiger partial charge in [-0.25, -0.2) is 9.97 Å². The molecule has 1 fully saturated rings. The highest BCUT2D eigenvalue weighted by Crippen LogP contribution is 2.26. The molecular formula is C17H23N3. The van der Waals surface area contributed by atoms with Crippen LogP contribution in [0.15, 0.2) is 24.3 Å². The smallest absolute Gasteiger partial charge is 0.148 e. The fourth-order valence-corrected chi connectivity index (χ4v) is 3.11. The molecule has 20 heavy (non-hydrogen) atoms. The van der Waals surface area contributed by atoms with Crippen LogP contribution in [-0.2, 0) is 0 Å². The maximum absolute atomic E-state index is 4.76. The standard InChI is InChI=1S/C17H23N3/c1-12-8-4-3-5-9-14(12)19-17-13(2)18-15-10-6-7-11-16(15)20-17/h6-7,10-12,14H,3-5,8-9H2,1-2H3,(H,19,20). The molecule has 0 saturated heterocycles. The van der Waals surface area contributed by atoms with Crippen molar-refractivity contribution in [3.8, 4) is 0 Å². The minimum atomic E-state index is 0.534. The van der Waals surface area contributed by atoms with Crippen molar-refractivity contribution in [3.05, 3.63) is 30.0 Å². The van der Waals surface area contributed by atoms with Crippen molar-refractivity contribution in [2.45, 2.75) is 52.0 Å². The van der Waals surface area contributed by atoms with Gasteiger partial charge in [0, 0.05) is 6.04 Å². The number of hydrogen-bond donors (Lipinski definition) is 1. The summed E-state index contributed by atoms with van der Waals surface area (Å²) in [7, 11) is 0. The Kier molecular flexibility index (Phi) is 3.86. The third kappa shape index (κ3) is 2.77. The second-order valence-corrected chi connectivity index (χ2v) is 6.01. The molecular weight excluding hydrogens is 246 g/mol. The average Bonchev–Trinajstić information content (AvgIpc) is 2.65. The molecule has 0 aliphatic heterocycles. The number of hydrogen-bond acceptors (Lipinski definition) is 3. The van der Waals surface area contributed by atoms with Crippen LogP contribution in [0.3, 0.4) is 0 Å². The van der Waals surface area contributed by atoms with Gasteiger partial charge in [-0.3, -0.25) is 0 Å². The van der Waals surface area contributed by atoms with Gasteiger partial charge in [0.25, 0.3) is 0 Å². The molecule has 0 amide bonds. The Balaban J connectivity index is 1.87. The van der Waals surface area contributed by atoms with Gasteiger partial charge in [0.2, 0.25) is 0 Å². The number of anilines is 1. The van der Waals surface area contributed by atoms with E-state index in [0.717, 1.165) is 22.5 Å². The van der Waals surface area contributed by atoms with E-state index >= 15 is 0 Å². The highest BCUT2D eigenvalue weighted by molar-refractivity contribution is 5.76. The van der Waals surface area contributed by atoms with Crippen LogP contribution in [0.2, 0.25) is 0 Å². The number of rotatable bonds is 2. The summed E-state index contributed by atoms with van der Waals surface area (Å²) in [6.45, 7) is 4.40. The second-order valence-electron chi connectivity index (χ2n) is 6.01. The van der Waals surface area contributed by atoms with Crippen molar-refractivity contribution in [2.24, 2.45) is 5.92 Å². The molecule has 3 rings (SSSR count). The zero-order chi connectivity index (χ0) is 13.9. The van der Waals surface area contributed by atoms with Gasteiger partial charge in [-0.05, 0) is 37.8 Å². The first-order valence-corrected chi connectivity index (χ1v) is 7.74. The molecule has 3 nitrogen and oxygen atoms in total. The SMILES string of the molecule is Cc1nc2ccccc2nc1NC1CCCCCC1C. The minimum absolute atomic E-state index is 0.534. The number of aryl methyl sites for hydroxylation is 1. The van der Waals surface area contributed by atoms with Gasteiger partial charge < -0.3 is 5.32 Å². The molecule has 1 aromatic carbocycles. The van der Waals surface area contributed by atoms with Crippen LogP contribution in [0, 0.1) is 12.8 Å². The first-order chi connectivity index (χ1) is 9.74. The first-order valence-electron chi connectivity index (χ1n) is 7.74. The fourth-order valence-electron chi connectivity index (χ4n) is 3.11. The lowest BCUT2D eigenvalue weighted by atomic mass is 9.97. The van der Waals surface area contributed by atoms with Crippen LogP contribution < -0.4 is 5.32 Å². The molecule has 0 radical (unpaired) electrons. The summed E-state index contributed by atoms with van der Waals surface area (Å²) in [4.78, 5) is 9.42. The van der Waals surface area contributed by atoms with E-state index in [9.17, 15) is 0 Å². The Morgan fingerprint density at radius 2 is 1.70 bits per heavy atom. The third-order valence-corrected chi connectivity index (χ3v) is 4.43. The van der Waals surface area contributed by atoms with Gasteiger partial charge in [-0.15, -0.1) is 0 Å². The minimum Gasteiger partial charge on any atom is -0.366 e. The van der Waals surface area contributed by atoms with Crippen LogP contribution in [0.4, 0.5) is 5.82 Å². The first kappa shape index (κ1) is 13.3. The molecule has 1 heterocycles. The Morgan fingerprint density at radius 1 is 1.00 bits per heavy atom. The molecule has 0 bridgehead atoms. The highest BCUT2D eigenvalue weighted by Gasteiger charge is 2.21. The predicted molar refractivity (Wildman–Crippen MR) is 83.9 cm³/mol. The molecule has 1 aliphatic rings. The number of nitrogens with one attached hydrogen (secondary N) is 1. The second kappa shape index (κ2) is 5.78. The van der Waals surface area contributed by atoms with E-state index in [1.165, 1.54) is 32.1 Å². The summed E-state index contributed by atoms with van der Waals surface area (Å²) in [5.74, 6) is 1.67. The zero-order valence-electron chi connectivity index (χ0n) is 12.4. The van der Waals surface area contributed by atoms with Gasteiger partial charge >= 0.3 is 0 Å². The lowest BCUT2D eigenvalue weighted by Gasteiger charge is -2.24. The normalized spacial score (nSPS) is 23.5. The largest absolute Gasteiger partial charge is 0.366 e. The zero-order valence-corrected chi connectivity index (χ0v) is 12.4. The molecule has 1 saturated carbocycles. The van der Waals surface area contributed by atoms with Crippen LogP contribution in [0.5, 0.6) is 0 Å². The molecule has 106 valence electrons. The van der Waals surface area contributed by atoms with Crippen LogP contribution in [-0.4, -0.2) is 16.0 Å². The van der Waals surface area contributed by atoms with Crippen molar-refractivity contribution >= 4 is 16.9 Å². The molecule has 0 spiro atoms. The van der Waals surface area contributed by atoms with Crippen LogP contribution in [0.25, 0.3) is 11.0 Å². The van der Waals surface area contributed by atoms with Crippen LogP contribution in [0.1, 0.15) is 44.7 Å². The van der Waals surface area contributed by atoms with E-state index < -0.39 is 0 Å². The van der Waals surface area contributed by atoms with Gasteiger partial charge in [0.1, 0.15) is 5.82 Å². The topological polar surface area (TPSA) is 37.8 Å². The van der Waals surface area contributed by atoms with Crippen LogP contribution >= 0.6 is 0 Å². The summed E-state index contributed by atoms with van der Waals surface area (Å²) in [6, 6.07) is 8.62. The number of nitrogens with zero attached hydrogens (tertiary/aromatic N) is 2. The molecule has 2 aromatic rings. The monoisotopic (exact) mass is 269 g/mol. The lowest BCUT2D eigenvalue weighted by Crippen LogP contribution is -2.27.